The molecule has 0 unspecified atom stereocenters. The molecule has 0 bridgehead atoms. The number of ether oxygens (including phenoxy) is 1. The summed E-state index contributed by atoms with van der Waals surface area (Å²) in [4.78, 5) is 7.09. The van der Waals surface area contributed by atoms with Crippen LogP contribution in [0.15, 0.2) is 42.5 Å². The van der Waals surface area contributed by atoms with Gasteiger partial charge < -0.3 is 9.64 Å². The fourth-order valence-electron chi connectivity index (χ4n) is 3.54. The van der Waals surface area contributed by atoms with Gasteiger partial charge in [-0.2, -0.15) is 5.26 Å². The molecule has 0 spiro atoms. The SMILES string of the molecule is Cc1cc(N2CCCC2)c2ccc(COc3ccc(C#N)cc3F)cc2n1. The lowest BCUT2D eigenvalue weighted by atomic mass is 10.1. The van der Waals surface area contributed by atoms with E-state index in [0.29, 0.717) is 0 Å². The molecule has 0 saturated carbocycles. The Hall–Kier alpha value is -3.13. The van der Waals surface area contributed by atoms with E-state index in [0.717, 1.165) is 35.2 Å². The Bertz CT molecular complexity index is 1040. The molecule has 0 radical (unpaired) electrons. The molecule has 5 heteroatoms. The number of halogens is 1. The maximum atomic E-state index is 14.0. The number of nitrogens with zero attached hydrogens (tertiary/aromatic N) is 3. The molecule has 0 atom stereocenters. The lowest BCUT2D eigenvalue weighted by Gasteiger charge is -2.20. The highest BCUT2D eigenvalue weighted by Gasteiger charge is 2.16. The first-order chi connectivity index (χ1) is 13.1. The van der Waals surface area contributed by atoms with Crippen LogP contribution >= 0.6 is 0 Å². The Balaban J connectivity index is 1.59. The average molecular weight is 361 g/mol. The molecule has 136 valence electrons. The first-order valence-electron chi connectivity index (χ1n) is 9.12. The number of fused-ring (bicyclic) bond motifs is 1. The molecule has 2 heterocycles. The van der Waals surface area contributed by atoms with E-state index in [2.05, 4.69) is 22.0 Å². The quantitative estimate of drug-likeness (QED) is 0.674. The van der Waals surface area contributed by atoms with Gasteiger partial charge in [-0.15, -0.1) is 0 Å². The van der Waals surface area contributed by atoms with Gasteiger partial charge in [-0.3, -0.25) is 4.98 Å². The van der Waals surface area contributed by atoms with Gasteiger partial charge in [0.1, 0.15) is 6.61 Å². The van der Waals surface area contributed by atoms with Crippen LogP contribution in [0, 0.1) is 24.1 Å². The van der Waals surface area contributed by atoms with Gasteiger partial charge in [0.15, 0.2) is 11.6 Å². The van der Waals surface area contributed by atoms with Crippen LogP contribution in [0.1, 0.15) is 29.7 Å². The van der Waals surface area contributed by atoms with Gasteiger partial charge in [0.25, 0.3) is 0 Å². The predicted octanol–water partition coefficient (Wildman–Crippen LogP) is 4.73. The van der Waals surface area contributed by atoms with Crippen molar-refractivity contribution < 1.29 is 9.13 Å². The Labute approximate surface area is 157 Å². The van der Waals surface area contributed by atoms with Crippen molar-refractivity contribution in [2.24, 2.45) is 0 Å². The third-order valence-corrected chi connectivity index (χ3v) is 4.88. The first kappa shape index (κ1) is 17.3. The van der Waals surface area contributed by atoms with E-state index in [1.54, 1.807) is 6.07 Å². The second-order valence-corrected chi connectivity index (χ2v) is 6.87. The predicted molar refractivity (Wildman–Crippen MR) is 103 cm³/mol. The van der Waals surface area contributed by atoms with E-state index < -0.39 is 5.82 Å². The molecule has 27 heavy (non-hydrogen) atoms. The van der Waals surface area contributed by atoms with Gasteiger partial charge in [-0.05, 0) is 55.7 Å². The maximum absolute atomic E-state index is 14.0. The highest BCUT2D eigenvalue weighted by molar-refractivity contribution is 5.92. The molecule has 3 aromatic rings. The number of anilines is 1. The molecule has 4 nitrogen and oxygen atoms in total. The van der Waals surface area contributed by atoms with Crippen molar-refractivity contribution in [3.63, 3.8) is 0 Å². The number of aryl methyl sites for hydroxylation is 1. The summed E-state index contributed by atoms with van der Waals surface area (Å²) in [5, 5.41) is 9.95. The fraction of sp³-hybridized carbons (Fsp3) is 0.273. The minimum Gasteiger partial charge on any atom is -0.486 e. The molecular formula is C22H20FN3O. The topological polar surface area (TPSA) is 49.1 Å². The summed E-state index contributed by atoms with van der Waals surface area (Å²) in [7, 11) is 0. The van der Waals surface area contributed by atoms with Gasteiger partial charge in [-0.1, -0.05) is 12.1 Å². The summed E-state index contributed by atoms with van der Waals surface area (Å²) < 4.78 is 19.6. The summed E-state index contributed by atoms with van der Waals surface area (Å²) in [6, 6.07) is 14.4. The molecule has 1 aromatic heterocycles. The average Bonchev–Trinajstić information content (AvgIpc) is 3.20. The van der Waals surface area contributed by atoms with Gasteiger partial charge in [-0.25, -0.2) is 4.39 Å². The highest BCUT2D eigenvalue weighted by atomic mass is 19.1. The molecule has 0 N–H and O–H groups in total. The number of hydrogen-bond acceptors (Lipinski definition) is 4. The molecule has 0 aliphatic carbocycles. The van der Waals surface area contributed by atoms with Crippen LogP contribution in [0.3, 0.4) is 0 Å². The summed E-state index contributed by atoms with van der Waals surface area (Å²) in [5.74, 6) is -0.385. The lowest BCUT2D eigenvalue weighted by molar-refractivity contribution is 0.290. The van der Waals surface area contributed by atoms with Crippen LogP contribution in [-0.4, -0.2) is 18.1 Å². The molecule has 1 fully saturated rings. The molecule has 1 saturated heterocycles. The molecule has 2 aromatic carbocycles. The Morgan fingerprint density at radius 1 is 1.15 bits per heavy atom. The van der Waals surface area contributed by atoms with Crippen LogP contribution in [0.4, 0.5) is 10.1 Å². The zero-order valence-corrected chi connectivity index (χ0v) is 15.2. The van der Waals surface area contributed by atoms with Gasteiger partial charge >= 0.3 is 0 Å². The molecular weight excluding hydrogens is 341 g/mol. The molecule has 1 aliphatic rings. The van der Waals surface area contributed by atoms with Crippen molar-refractivity contribution in [1.82, 2.24) is 4.98 Å². The van der Waals surface area contributed by atoms with Crippen molar-refractivity contribution in [3.8, 4) is 11.8 Å². The second-order valence-electron chi connectivity index (χ2n) is 6.87. The number of rotatable bonds is 4. The van der Waals surface area contributed by atoms with E-state index in [-0.39, 0.29) is 17.9 Å². The minimum atomic E-state index is -0.528. The fourth-order valence-corrected chi connectivity index (χ4v) is 3.54. The number of nitriles is 1. The molecule has 1 aliphatic heterocycles. The second kappa shape index (κ2) is 7.24. The van der Waals surface area contributed by atoms with Crippen LogP contribution < -0.4 is 9.64 Å². The number of benzene rings is 2. The van der Waals surface area contributed by atoms with E-state index in [4.69, 9.17) is 10.00 Å². The Kier molecular flexibility index (Phi) is 4.64. The standard InChI is InChI=1S/C22H20FN3O/c1-15-10-21(26-8-2-3-9-26)18-6-4-17(12-20(18)25-15)14-27-22-7-5-16(13-24)11-19(22)23/h4-7,10-12H,2-3,8-9,14H2,1H3. The highest BCUT2D eigenvalue weighted by Crippen LogP contribution is 2.30. The maximum Gasteiger partial charge on any atom is 0.166 e. The van der Waals surface area contributed by atoms with E-state index in [1.165, 1.54) is 30.7 Å². The third-order valence-electron chi connectivity index (χ3n) is 4.88. The Morgan fingerprint density at radius 3 is 2.70 bits per heavy atom. The van der Waals surface area contributed by atoms with E-state index in [1.807, 2.05) is 25.1 Å². The number of aromatic nitrogens is 1. The van der Waals surface area contributed by atoms with E-state index >= 15 is 0 Å². The normalized spacial score (nSPS) is 13.7. The minimum absolute atomic E-state index is 0.143. The number of pyridine rings is 1. The molecule has 4 rings (SSSR count). The van der Waals surface area contributed by atoms with Gasteiger partial charge in [0.2, 0.25) is 0 Å². The zero-order chi connectivity index (χ0) is 18.8. The number of hydrogen-bond donors (Lipinski definition) is 0. The lowest BCUT2D eigenvalue weighted by Crippen LogP contribution is -2.18. The van der Waals surface area contributed by atoms with Crippen molar-refractivity contribution in [3.05, 3.63) is 65.1 Å². The van der Waals surface area contributed by atoms with Gasteiger partial charge in [0, 0.05) is 29.9 Å². The molecule has 0 amide bonds. The summed E-state index contributed by atoms with van der Waals surface area (Å²) in [5.41, 5.74) is 4.36. The largest absolute Gasteiger partial charge is 0.486 e. The van der Waals surface area contributed by atoms with E-state index in [9.17, 15) is 4.39 Å². The van der Waals surface area contributed by atoms with Crippen LogP contribution in [0.25, 0.3) is 10.9 Å². The van der Waals surface area contributed by atoms with Crippen molar-refractivity contribution >= 4 is 16.6 Å². The van der Waals surface area contributed by atoms with Crippen molar-refractivity contribution in [2.45, 2.75) is 26.4 Å². The summed E-state index contributed by atoms with van der Waals surface area (Å²) in [6.07, 6.45) is 2.45. The van der Waals surface area contributed by atoms with Crippen LogP contribution in [0.5, 0.6) is 5.75 Å². The van der Waals surface area contributed by atoms with Gasteiger partial charge in [0.05, 0.1) is 17.1 Å². The van der Waals surface area contributed by atoms with Crippen molar-refractivity contribution in [1.29, 1.82) is 5.26 Å². The Morgan fingerprint density at radius 2 is 1.96 bits per heavy atom. The summed E-state index contributed by atoms with van der Waals surface area (Å²) in [6.45, 7) is 4.42. The van der Waals surface area contributed by atoms with Crippen LogP contribution in [0.2, 0.25) is 0 Å². The third kappa shape index (κ3) is 3.56. The first-order valence-corrected chi connectivity index (χ1v) is 9.12. The van der Waals surface area contributed by atoms with Crippen molar-refractivity contribution in [2.75, 3.05) is 18.0 Å². The summed E-state index contributed by atoms with van der Waals surface area (Å²) >= 11 is 0. The monoisotopic (exact) mass is 361 g/mol. The zero-order valence-electron chi connectivity index (χ0n) is 15.2. The van der Waals surface area contributed by atoms with Crippen LogP contribution in [-0.2, 0) is 6.61 Å². The smallest absolute Gasteiger partial charge is 0.166 e.